The number of rotatable bonds is 8. The predicted octanol–water partition coefficient (Wildman–Crippen LogP) is 1.95. The van der Waals surface area contributed by atoms with E-state index in [1.165, 1.54) is 25.0 Å². The summed E-state index contributed by atoms with van der Waals surface area (Å²) in [5.74, 6) is 0.924. The largest absolute Gasteiger partial charge is 0.493 e. The minimum Gasteiger partial charge on any atom is -0.493 e. The molecule has 1 saturated heterocycles. The minimum atomic E-state index is -0.280. The van der Waals surface area contributed by atoms with Crippen LogP contribution in [-0.2, 0) is 16.1 Å². The summed E-state index contributed by atoms with van der Waals surface area (Å²) in [6.45, 7) is 3.49. The average Bonchev–Trinajstić information content (AvgIpc) is 3.21. The first-order valence-corrected chi connectivity index (χ1v) is 9.20. The molecule has 9 nitrogen and oxygen atoms in total. The molecular formula is C20H24N2O7. The molecule has 1 aliphatic rings. The Bertz CT molecular complexity index is 858. The first-order chi connectivity index (χ1) is 14.0. The summed E-state index contributed by atoms with van der Waals surface area (Å²) in [6.07, 6.45) is -0.155. The van der Waals surface area contributed by atoms with Crippen LogP contribution in [0.2, 0.25) is 0 Å². The van der Waals surface area contributed by atoms with Gasteiger partial charge >= 0.3 is 0 Å². The van der Waals surface area contributed by atoms with Gasteiger partial charge in [-0.2, -0.15) is 0 Å². The maximum atomic E-state index is 12.5. The van der Waals surface area contributed by atoms with Crippen molar-refractivity contribution in [3.63, 3.8) is 0 Å². The fourth-order valence-corrected chi connectivity index (χ4v) is 2.86. The number of hydrogen-bond donors (Lipinski definition) is 0. The molecule has 0 saturated carbocycles. The van der Waals surface area contributed by atoms with E-state index in [1.807, 2.05) is 0 Å². The van der Waals surface area contributed by atoms with E-state index in [9.17, 15) is 9.59 Å². The lowest BCUT2D eigenvalue weighted by atomic mass is 10.1. The van der Waals surface area contributed by atoms with Gasteiger partial charge < -0.3 is 28.4 Å². The smallest absolute Gasteiger partial charge is 0.275 e. The summed E-state index contributed by atoms with van der Waals surface area (Å²) in [5.41, 5.74) is 0.707. The molecule has 1 aromatic carbocycles. The van der Waals surface area contributed by atoms with Crippen molar-refractivity contribution < 1.29 is 33.1 Å². The van der Waals surface area contributed by atoms with Gasteiger partial charge in [-0.25, -0.2) is 0 Å². The van der Waals surface area contributed by atoms with E-state index in [0.717, 1.165) is 0 Å². The first-order valence-electron chi connectivity index (χ1n) is 9.20. The Balaban J connectivity index is 1.58. The second-order valence-corrected chi connectivity index (χ2v) is 6.64. The quantitative estimate of drug-likeness (QED) is 0.616. The van der Waals surface area contributed by atoms with Gasteiger partial charge in [0.1, 0.15) is 6.61 Å². The lowest BCUT2D eigenvalue weighted by Crippen LogP contribution is -2.40. The van der Waals surface area contributed by atoms with Gasteiger partial charge in [-0.1, -0.05) is 5.16 Å². The highest BCUT2D eigenvalue weighted by atomic mass is 16.6. The molecule has 0 radical (unpaired) electrons. The van der Waals surface area contributed by atoms with Crippen molar-refractivity contribution >= 4 is 11.7 Å². The van der Waals surface area contributed by atoms with Gasteiger partial charge in [0.05, 0.1) is 33.0 Å². The number of benzene rings is 1. The molecule has 1 aromatic heterocycles. The van der Waals surface area contributed by atoms with Crippen LogP contribution in [0.3, 0.4) is 0 Å². The molecule has 156 valence electrons. The van der Waals surface area contributed by atoms with Gasteiger partial charge in [0.15, 0.2) is 28.7 Å². The highest BCUT2D eigenvalue weighted by Gasteiger charge is 2.22. The molecule has 0 spiro atoms. The molecule has 1 amide bonds. The zero-order chi connectivity index (χ0) is 20.8. The van der Waals surface area contributed by atoms with Crippen LogP contribution in [0.25, 0.3) is 0 Å². The number of nitrogens with zero attached hydrogens (tertiary/aromatic N) is 2. The van der Waals surface area contributed by atoms with Crippen LogP contribution in [0, 0.1) is 0 Å². The van der Waals surface area contributed by atoms with Crippen LogP contribution in [0.5, 0.6) is 11.5 Å². The van der Waals surface area contributed by atoms with Crippen LogP contribution in [0.1, 0.15) is 33.5 Å². The Kier molecular flexibility index (Phi) is 6.84. The number of carbonyl (C=O) groups is 2. The molecule has 0 bridgehead atoms. The number of Topliss-reactive ketones (excluding diaryl/α,β-unsaturated/α-hetero) is 1. The molecule has 29 heavy (non-hydrogen) atoms. The lowest BCUT2D eigenvalue weighted by molar-refractivity contribution is -0.0934. The number of ketones is 1. The van der Waals surface area contributed by atoms with Crippen LogP contribution < -0.4 is 9.47 Å². The Morgan fingerprint density at radius 1 is 1.24 bits per heavy atom. The van der Waals surface area contributed by atoms with Crippen molar-refractivity contribution in [2.75, 3.05) is 40.5 Å². The molecule has 2 aromatic rings. The van der Waals surface area contributed by atoms with E-state index in [2.05, 4.69) is 5.16 Å². The first kappa shape index (κ1) is 20.8. The minimum absolute atomic E-state index is 0.0549. The van der Waals surface area contributed by atoms with E-state index in [0.29, 0.717) is 49.2 Å². The van der Waals surface area contributed by atoms with Gasteiger partial charge in [-0.3, -0.25) is 9.59 Å². The molecule has 0 N–H and O–H groups in total. The highest BCUT2D eigenvalue weighted by molar-refractivity contribution is 5.94. The fourth-order valence-electron chi connectivity index (χ4n) is 2.86. The topological polar surface area (TPSA) is 100 Å². The normalized spacial score (nSPS) is 16.3. The third-order valence-electron chi connectivity index (χ3n) is 4.43. The van der Waals surface area contributed by atoms with Crippen molar-refractivity contribution in [2.24, 2.45) is 0 Å². The molecule has 3 rings (SSSR count). The molecule has 1 aliphatic heterocycles. The average molecular weight is 404 g/mol. The summed E-state index contributed by atoms with van der Waals surface area (Å²) in [6, 6.07) is 6.45. The summed E-state index contributed by atoms with van der Waals surface area (Å²) in [5, 5.41) is 3.83. The number of ether oxygens (including phenoxy) is 4. The van der Waals surface area contributed by atoms with Crippen molar-refractivity contribution in [3.05, 3.63) is 41.3 Å². The number of amides is 1. The van der Waals surface area contributed by atoms with Gasteiger partial charge in [0.2, 0.25) is 0 Å². The second kappa shape index (κ2) is 9.53. The molecular weight excluding hydrogens is 380 g/mol. The summed E-state index contributed by atoms with van der Waals surface area (Å²) >= 11 is 0. The molecule has 0 aliphatic carbocycles. The van der Waals surface area contributed by atoms with Gasteiger partial charge in [0, 0.05) is 25.2 Å². The summed E-state index contributed by atoms with van der Waals surface area (Å²) in [7, 11) is 3.17. The molecule has 2 heterocycles. The SMILES string of the molecule is COc1cc(C(C)=O)ccc1OCc1cc(C(=O)N(C)CC2COCCO2)no1. The lowest BCUT2D eigenvalue weighted by Gasteiger charge is -2.27. The van der Waals surface area contributed by atoms with E-state index in [-0.39, 0.29) is 30.1 Å². The van der Waals surface area contributed by atoms with E-state index < -0.39 is 0 Å². The van der Waals surface area contributed by atoms with Crippen molar-refractivity contribution in [3.8, 4) is 11.5 Å². The number of hydrogen-bond acceptors (Lipinski definition) is 8. The zero-order valence-corrected chi connectivity index (χ0v) is 16.7. The number of carbonyl (C=O) groups excluding carboxylic acids is 2. The molecule has 1 unspecified atom stereocenters. The van der Waals surface area contributed by atoms with Gasteiger partial charge in [0.25, 0.3) is 5.91 Å². The Labute approximate surface area is 168 Å². The predicted molar refractivity (Wildman–Crippen MR) is 101 cm³/mol. The van der Waals surface area contributed by atoms with Gasteiger partial charge in [-0.15, -0.1) is 0 Å². The maximum absolute atomic E-state index is 12.5. The number of methoxy groups -OCH3 is 1. The van der Waals surface area contributed by atoms with E-state index in [1.54, 1.807) is 25.2 Å². The van der Waals surface area contributed by atoms with Crippen molar-refractivity contribution in [1.82, 2.24) is 10.1 Å². The highest BCUT2D eigenvalue weighted by Crippen LogP contribution is 2.29. The van der Waals surface area contributed by atoms with Crippen LogP contribution in [0.4, 0.5) is 0 Å². The van der Waals surface area contributed by atoms with E-state index in [4.69, 9.17) is 23.5 Å². The number of aromatic nitrogens is 1. The third kappa shape index (κ3) is 5.33. The Hall–Kier alpha value is -2.91. The third-order valence-corrected chi connectivity index (χ3v) is 4.43. The maximum Gasteiger partial charge on any atom is 0.275 e. The van der Waals surface area contributed by atoms with E-state index >= 15 is 0 Å². The fraction of sp³-hybridized carbons (Fsp3) is 0.450. The van der Waals surface area contributed by atoms with Crippen molar-refractivity contribution in [1.29, 1.82) is 0 Å². The van der Waals surface area contributed by atoms with Crippen LogP contribution in [0.15, 0.2) is 28.8 Å². The molecule has 9 heteroatoms. The second-order valence-electron chi connectivity index (χ2n) is 6.64. The molecule has 1 atom stereocenters. The standard InChI is InChI=1S/C20H24N2O7/c1-13(23)14-4-5-18(19(8-14)25-3)28-12-15-9-17(21-29-15)20(24)22(2)10-16-11-26-6-7-27-16/h4-5,8-9,16H,6-7,10-12H2,1-3H3. The van der Waals surface area contributed by atoms with Gasteiger partial charge in [-0.05, 0) is 25.1 Å². The Morgan fingerprint density at radius 2 is 2.07 bits per heavy atom. The Morgan fingerprint density at radius 3 is 2.76 bits per heavy atom. The monoisotopic (exact) mass is 404 g/mol. The molecule has 1 fully saturated rings. The van der Waals surface area contributed by atoms with Crippen LogP contribution in [-0.4, -0.2) is 68.4 Å². The van der Waals surface area contributed by atoms with Crippen molar-refractivity contribution in [2.45, 2.75) is 19.6 Å². The number of likely N-dealkylation sites (N-methyl/N-ethyl adjacent to an activating group) is 1. The van der Waals surface area contributed by atoms with Crippen LogP contribution >= 0.6 is 0 Å². The summed E-state index contributed by atoms with van der Waals surface area (Å²) < 4.78 is 27.1. The zero-order valence-electron chi connectivity index (χ0n) is 16.7. The summed E-state index contributed by atoms with van der Waals surface area (Å²) in [4.78, 5) is 25.5.